The second-order valence-electron chi connectivity index (χ2n) is 15.2. The Kier molecular flexibility index (Phi) is 11.1. The van der Waals surface area contributed by atoms with Crippen LogP contribution in [0.2, 0.25) is 0 Å². The minimum absolute atomic E-state index is 0.0707. The lowest BCUT2D eigenvalue weighted by atomic mass is 9.78. The summed E-state index contributed by atoms with van der Waals surface area (Å²) in [7, 11) is 0. The van der Waals surface area contributed by atoms with Crippen LogP contribution < -0.4 is 26.0 Å². The molecule has 3 aromatic carbocycles. The van der Waals surface area contributed by atoms with Gasteiger partial charge in [-0.1, -0.05) is 67.6 Å². The number of likely N-dealkylation sites (tertiary alicyclic amines) is 1. The number of nitrogens with one attached hydrogen (secondary N) is 4. The van der Waals surface area contributed by atoms with Crippen molar-refractivity contribution in [2.75, 3.05) is 13.2 Å². The first-order valence-corrected chi connectivity index (χ1v) is 19.4. The number of aromatic nitrogens is 1. The maximum Gasteiger partial charge on any atom is 0.407 e. The highest BCUT2D eigenvalue weighted by molar-refractivity contribution is 5.99. The molecule has 7 unspecified atom stereocenters. The Balaban J connectivity index is 0.886. The molecule has 2 aliphatic heterocycles. The number of para-hydroxylation sites is 1. The van der Waals surface area contributed by atoms with Gasteiger partial charge < -0.3 is 35.6 Å². The largest absolute Gasteiger partial charge is 0.449 e. The zero-order chi connectivity index (χ0) is 41.4. The number of piperidine rings is 1. The summed E-state index contributed by atoms with van der Waals surface area (Å²) in [5.74, 6) is -3.95. The van der Waals surface area contributed by atoms with Crippen molar-refractivity contribution in [2.24, 2.45) is 11.8 Å². The number of fused-ring (bicyclic) bond motifs is 5. The molecule has 2 saturated heterocycles. The average molecular weight is 791 g/mol. The molecule has 5 amide bonds. The number of hydrogen-bond acceptors (Lipinski definition) is 9. The first-order valence-electron chi connectivity index (χ1n) is 19.4. The zero-order valence-electron chi connectivity index (χ0n) is 32.8. The van der Waals surface area contributed by atoms with Gasteiger partial charge in [-0.2, -0.15) is 0 Å². The first kappa shape index (κ1) is 39.7. The van der Waals surface area contributed by atoms with Crippen LogP contribution in [0.3, 0.4) is 0 Å². The third-order valence-electron chi connectivity index (χ3n) is 11.5. The van der Waals surface area contributed by atoms with Gasteiger partial charge in [-0.05, 0) is 73.4 Å². The van der Waals surface area contributed by atoms with Gasteiger partial charge in [0.25, 0.3) is 0 Å². The maximum atomic E-state index is 13.7. The Morgan fingerprint density at radius 1 is 0.810 bits per heavy atom. The molecule has 0 spiro atoms. The monoisotopic (exact) mass is 790 g/mol. The first-order chi connectivity index (χ1) is 27.7. The number of nitrogens with zero attached hydrogens (tertiary/aromatic N) is 2. The molecular weight excluding hydrogens is 745 g/mol. The normalized spacial score (nSPS) is 21.1. The quantitative estimate of drug-likeness (QED) is 0.174. The summed E-state index contributed by atoms with van der Waals surface area (Å²) in [6.45, 7) is 7.92. The number of benzene rings is 3. The fourth-order valence-corrected chi connectivity index (χ4v) is 8.44. The molecule has 4 aromatic rings. The van der Waals surface area contributed by atoms with Crippen LogP contribution in [-0.2, 0) is 28.7 Å². The Hall–Kier alpha value is -6.51. The van der Waals surface area contributed by atoms with E-state index in [1.807, 2.05) is 55.5 Å². The molecule has 7 atom stereocenters. The molecule has 302 valence electrons. The van der Waals surface area contributed by atoms with E-state index >= 15 is 0 Å². The van der Waals surface area contributed by atoms with Gasteiger partial charge >= 0.3 is 12.1 Å². The van der Waals surface area contributed by atoms with E-state index in [-0.39, 0.29) is 36.6 Å². The van der Waals surface area contributed by atoms with Gasteiger partial charge in [0.15, 0.2) is 5.75 Å². The Bertz CT molecular complexity index is 2280. The number of hydrogen-bond donors (Lipinski definition) is 4. The van der Waals surface area contributed by atoms with Gasteiger partial charge in [0.05, 0.1) is 11.7 Å². The van der Waals surface area contributed by atoms with E-state index in [4.69, 9.17) is 9.47 Å². The molecule has 0 radical (unpaired) electrons. The molecule has 1 aromatic heterocycles. The summed E-state index contributed by atoms with van der Waals surface area (Å²) in [4.78, 5) is 93.0. The smallest absolute Gasteiger partial charge is 0.407 e. The van der Waals surface area contributed by atoms with E-state index in [9.17, 15) is 33.6 Å². The van der Waals surface area contributed by atoms with Crippen molar-refractivity contribution in [3.8, 4) is 16.9 Å². The zero-order valence-corrected chi connectivity index (χ0v) is 32.8. The number of carbonyl (C=O) groups excluding carboxylic acids is 7. The summed E-state index contributed by atoms with van der Waals surface area (Å²) in [6, 6.07) is 17.9. The predicted octanol–water partition coefficient (Wildman–Crippen LogP) is 3.50. The second-order valence-corrected chi connectivity index (χ2v) is 15.2. The van der Waals surface area contributed by atoms with E-state index in [0.29, 0.717) is 17.3 Å². The lowest BCUT2D eigenvalue weighted by Gasteiger charge is -2.39. The molecule has 58 heavy (non-hydrogen) atoms. The molecule has 2 fully saturated rings. The lowest BCUT2D eigenvalue weighted by Crippen LogP contribution is -2.63. The molecule has 1 aliphatic carbocycles. The summed E-state index contributed by atoms with van der Waals surface area (Å²) in [5.41, 5.74) is 4.86. The standard InChI is InChI=1S/C43H46N6O9/c1-22-27-18-19-48(37(27)40(53)47-36(22)42(55)58-35-20-49(26(5)50)34-17-11-10-16-32(34)35)41(54)25(4)45-38(51)23(2)44-39(52)24(3)46-43(56)57-21-33-30-14-8-6-12-28(30)29-13-7-9-15-31(29)33/h6-17,20,22-25,27,33,36-37H,18-19,21H2,1-5H3,(H,44,52)(H,45,51)(H,46,56)(H,47,53). The van der Waals surface area contributed by atoms with E-state index in [0.717, 1.165) is 22.3 Å². The van der Waals surface area contributed by atoms with Crippen LogP contribution in [0.1, 0.15) is 62.9 Å². The van der Waals surface area contributed by atoms with Gasteiger partial charge in [-0.3, -0.25) is 28.5 Å². The predicted molar refractivity (Wildman–Crippen MR) is 211 cm³/mol. The van der Waals surface area contributed by atoms with Crippen LogP contribution in [-0.4, -0.2) is 94.4 Å². The number of rotatable bonds is 10. The fourth-order valence-electron chi connectivity index (χ4n) is 8.44. The van der Waals surface area contributed by atoms with Crippen LogP contribution in [0.15, 0.2) is 79.0 Å². The highest BCUT2D eigenvalue weighted by Gasteiger charge is 2.52. The minimum Gasteiger partial charge on any atom is -0.449 e. The van der Waals surface area contributed by atoms with E-state index in [1.165, 1.54) is 43.4 Å². The molecule has 0 saturated carbocycles. The molecular formula is C43H46N6O9. The molecule has 4 N–H and O–H groups in total. The van der Waals surface area contributed by atoms with Crippen molar-refractivity contribution < 1.29 is 43.0 Å². The summed E-state index contributed by atoms with van der Waals surface area (Å²) >= 11 is 0. The summed E-state index contributed by atoms with van der Waals surface area (Å²) < 4.78 is 12.7. The van der Waals surface area contributed by atoms with Gasteiger partial charge in [-0.25, -0.2) is 9.59 Å². The van der Waals surface area contributed by atoms with Crippen molar-refractivity contribution in [1.29, 1.82) is 0 Å². The van der Waals surface area contributed by atoms with E-state index in [1.54, 1.807) is 24.3 Å². The van der Waals surface area contributed by atoms with Crippen LogP contribution in [0.4, 0.5) is 4.79 Å². The maximum absolute atomic E-state index is 13.7. The highest BCUT2D eigenvalue weighted by atomic mass is 16.5. The Morgan fingerprint density at radius 2 is 1.40 bits per heavy atom. The number of carbonyl (C=O) groups is 7. The third-order valence-corrected chi connectivity index (χ3v) is 11.5. The van der Waals surface area contributed by atoms with Gasteiger partial charge in [0.2, 0.25) is 29.5 Å². The highest BCUT2D eigenvalue weighted by Crippen LogP contribution is 2.44. The molecule has 3 heterocycles. The van der Waals surface area contributed by atoms with E-state index < -0.39 is 71.8 Å². The molecule has 0 bridgehead atoms. The SMILES string of the molecule is CC(=O)n1cc(OC(=O)C2NC(=O)C3C(CCN3C(=O)C(C)NC(=O)C(C)NC(=O)C(C)NC(=O)OCC3c4ccccc4-c4ccccc43)C2C)c2ccccc21. The molecule has 15 heteroatoms. The fraction of sp³-hybridized carbons (Fsp3) is 0.372. The van der Waals surface area contributed by atoms with Gasteiger partial charge in [-0.15, -0.1) is 0 Å². The molecule has 3 aliphatic rings. The van der Waals surface area contributed by atoms with Crippen molar-refractivity contribution in [2.45, 2.75) is 77.2 Å². The number of esters is 1. The molecule has 15 nitrogen and oxygen atoms in total. The summed E-state index contributed by atoms with van der Waals surface area (Å²) in [5, 5.41) is 11.0. The number of ether oxygens (including phenoxy) is 2. The van der Waals surface area contributed by atoms with Crippen molar-refractivity contribution >= 4 is 52.5 Å². The second kappa shape index (κ2) is 16.2. The number of amides is 5. The van der Waals surface area contributed by atoms with Gasteiger partial charge in [0, 0.05) is 24.8 Å². The van der Waals surface area contributed by atoms with Crippen LogP contribution in [0.5, 0.6) is 5.75 Å². The topological polar surface area (TPSA) is 194 Å². The molecule has 7 rings (SSSR count). The van der Waals surface area contributed by atoms with Crippen molar-refractivity contribution in [3.63, 3.8) is 0 Å². The number of alkyl carbamates (subject to hydrolysis) is 1. The Morgan fingerprint density at radius 3 is 2.05 bits per heavy atom. The minimum atomic E-state index is -1.07. The van der Waals surface area contributed by atoms with Gasteiger partial charge in [0.1, 0.15) is 36.8 Å². The van der Waals surface area contributed by atoms with Crippen LogP contribution in [0, 0.1) is 11.8 Å². The third kappa shape index (κ3) is 7.51. The van der Waals surface area contributed by atoms with E-state index in [2.05, 4.69) is 21.3 Å². The van der Waals surface area contributed by atoms with Crippen LogP contribution in [0.25, 0.3) is 22.0 Å². The van der Waals surface area contributed by atoms with Crippen molar-refractivity contribution in [1.82, 2.24) is 30.7 Å². The lowest BCUT2D eigenvalue weighted by molar-refractivity contribution is -0.149. The van der Waals surface area contributed by atoms with Crippen LogP contribution >= 0.6 is 0 Å². The Labute approximate surface area is 334 Å². The summed E-state index contributed by atoms with van der Waals surface area (Å²) in [6.07, 6.45) is 1.11. The van der Waals surface area contributed by atoms with Crippen molar-refractivity contribution in [3.05, 3.63) is 90.1 Å². The average Bonchev–Trinajstić information content (AvgIpc) is 3.91.